The number of ether oxygens (including phenoxy) is 1. The molecule has 4 nitrogen and oxygen atoms in total. The van der Waals surface area contributed by atoms with Crippen molar-refractivity contribution in [1.82, 2.24) is 4.98 Å². The van der Waals surface area contributed by atoms with Crippen LogP contribution in [0.4, 0.5) is 0 Å². The topological polar surface area (TPSA) is 52.3 Å². The molecule has 0 N–H and O–H groups in total. The molecule has 0 bridgehead atoms. The average Bonchev–Trinajstić information content (AvgIpc) is 2.96. The Morgan fingerprint density at radius 3 is 2.67 bits per heavy atom. The summed E-state index contributed by atoms with van der Waals surface area (Å²) >= 11 is 0. The fourth-order valence-electron chi connectivity index (χ4n) is 2.64. The lowest BCUT2D eigenvalue weighted by Crippen LogP contribution is -2.17. The van der Waals surface area contributed by atoms with Crippen LogP contribution in [-0.2, 0) is 16.6 Å². The van der Waals surface area contributed by atoms with Gasteiger partial charge in [0.05, 0.1) is 12.8 Å². The van der Waals surface area contributed by atoms with E-state index < -0.39 is 5.97 Å². The third kappa shape index (κ3) is 2.28. The predicted octanol–water partition coefficient (Wildman–Crippen LogP) is 3.25. The Balaban J connectivity index is 2.35. The molecule has 0 unspecified atom stereocenters. The summed E-state index contributed by atoms with van der Waals surface area (Å²) in [6.07, 6.45) is 6.27. The number of nitrogens with zero attached hydrogens (tertiary/aromatic N) is 1. The highest BCUT2D eigenvalue weighted by Gasteiger charge is 2.37. The van der Waals surface area contributed by atoms with Gasteiger partial charge in [0, 0.05) is 5.41 Å². The van der Waals surface area contributed by atoms with Crippen LogP contribution >= 0.6 is 0 Å². The molecule has 1 saturated carbocycles. The molecular weight excluding hydrogens is 230 g/mol. The maximum absolute atomic E-state index is 11.7. The van der Waals surface area contributed by atoms with E-state index in [0.717, 1.165) is 31.4 Å². The second-order valence-electron chi connectivity index (χ2n) is 5.30. The molecule has 100 valence electrons. The number of methoxy groups -OCH3 is 1. The SMILES string of the molecule is CCCc1nc(C2(C)CCCC2)oc1C(=O)OC. The molecular formula is C14H21NO3. The quantitative estimate of drug-likeness (QED) is 0.771. The van der Waals surface area contributed by atoms with Crippen molar-refractivity contribution in [3.8, 4) is 0 Å². The van der Waals surface area contributed by atoms with Crippen LogP contribution in [0, 0.1) is 0 Å². The summed E-state index contributed by atoms with van der Waals surface area (Å²) in [5.41, 5.74) is 0.738. The molecule has 0 atom stereocenters. The third-order valence-electron chi connectivity index (χ3n) is 3.78. The molecule has 1 aliphatic rings. The second kappa shape index (κ2) is 5.12. The molecule has 18 heavy (non-hydrogen) atoms. The van der Waals surface area contributed by atoms with Gasteiger partial charge in [0.2, 0.25) is 11.7 Å². The Labute approximate surface area is 108 Å². The average molecular weight is 251 g/mol. The summed E-state index contributed by atoms with van der Waals surface area (Å²) in [6.45, 7) is 4.23. The van der Waals surface area contributed by atoms with Crippen molar-refractivity contribution in [3.05, 3.63) is 17.3 Å². The Kier molecular flexibility index (Phi) is 3.73. The van der Waals surface area contributed by atoms with Gasteiger partial charge in [-0.3, -0.25) is 0 Å². The maximum atomic E-state index is 11.7. The first-order valence-corrected chi connectivity index (χ1v) is 6.69. The molecule has 0 saturated heterocycles. The van der Waals surface area contributed by atoms with Crippen LogP contribution in [0.3, 0.4) is 0 Å². The van der Waals surface area contributed by atoms with E-state index in [0.29, 0.717) is 11.7 Å². The van der Waals surface area contributed by atoms with E-state index in [2.05, 4.69) is 18.8 Å². The van der Waals surface area contributed by atoms with E-state index in [-0.39, 0.29) is 5.41 Å². The third-order valence-corrected chi connectivity index (χ3v) is 3.78. The first-order chi connectivity index (χ1) is 8.60. The monoisotopic (exact) mass is 251 g/mol. The summed E-state index contributed by atoms with van der Waals surface area (Å²) < 4.78 is 10.5. The van der Waals surface area contributed by atoms with Crippen molar-refractivity contribution in [1.29, 1.82) is 0 Å². The Hall–Kier alpha value is -1.32. The van der Waals surface area contributed by atoms with Gasteiger partial charge in [-0.15, -0.1) is 0 Å². The van der Waals surface area contributed by atoms with Gasteiger partial charge in [-0.1, -0.05) is 33.1 Å². The Morgan fingerprint density at radius 1 is 1.44 bits per heavy atom. The number of aromatic nitrogens is 1. The molecule has 1 aromatic rings. The van der Waals surface area contributed by atoms with Crippen molar-refractivity contribution in [2.75, 3.05) is 7.11 Å². The second-order valence-corrected chi connectivity index (χ2v) is 5.30. The summed E-state index contributed by atoms with van der Waals surface area (Å²) in [5, 5.41) is 0. The van der Waals surface area contributed by atoms with Gasteiger partial charge < -0.3 is 9.15 Å². The minimum absolute atomic E-state index is 0.00520. The largest absolute Gasteiger partial charge is 0.463 e. The van der Waals surface area contributed by atoms with Crippen LogP contribution < -0.4 is 0 Å². The fraction of sp³-hybridized carbons (Fsp3) is 0.714. The Morgan fingerprint density at radius 2 is 2.11 bits per heavy atom. The van der Waals surface area contributed by atoms with Crippen LogP contribution in [0.2, 0.25) is 0 Å². The molecule has 1 aromatic heterocycles. The lowest BCUT2D eigenvalue weighted by atomic mass is 9.89. The first kappa shape index (κ1) is 13.1. The summed E-state index contributed by atoms with van der Waals surface area (Å²) in [7, 11) is 1.37. The van der Waals surface area contributed by atoms with Crippen molar-refractivity contribution < 1.29 is 13.9 Å². The standard InChI is InChI=1S/C14H21NO3/c1-4-7-10-11(12(16)17-3)18-13(15-10)14(2)8-5-6-9-14/h4-9H2,1-3H3. The van der Waals surface area contributed by atoms with Crippen molar-refractivity contribution in [3.63, 3.8) is 0 Å². The number of oxazole rings is 1. The maximum Gasteiger partial charge on any atom is 0.375 e. The first-order valence-electron chi connectivity index (χ1n) is 6.69. The number of hydrogen-bond acceptors (Lipinski definition) is 4. The van der Waals surface area contributed by atoms with Crippen molar-refractivity contribution in [2.45, 2.75) is 57.8 Å². The molecule has 0 spiro atoms. The minimum Gasteiger partial charge on any atom is -0.463 e. The van der Waals surface area contributed by atoms with Gasteiger partial charge in [-0.25, -0.2) is 9.78 Å². The molecule has 4 heteroatoms. The molecule has 1 aliphatic carbocycles. The lowest BCUT2D eigenvalue weighted by molar-refractivity contribution is 0.0559. The zero-order valence-electron chi connectivity index (χ0n) is 11.4. The van der Waals surface area contributed by atoms with Crippen molar-refractivity contribution in [2.24, 2.45) is 0 Å². The summed E-state index contributed by atoms with van der Waals surface area (Å²) in [4.78, 5) is 16.2. The van der Waals surface area contributed by atoms with E-state index in [1.54, 1.807) is 0 Å². The normalized spacial score (nSPS) is 17.9. The molecule has 0 radical (unpaired) electrons. The van der Waals surface area contributed by atoms with E-state index in [4.69, 9.17) is 9.15 Å². The van der Waals surface area contributed by atoms with E-state index in [9.17, 15) is 4.79 Å². The minimum atomic E-state index is -0.418. The van der Waals surface area contributed by atoms with Crippen LogP contribution in [0.1, 0.15) is 68.1 Å². The molecule has 1 fully saturated rings. The lowest BCUT2D eigenvalue weighted by Gasteiger charge is -2.18. The van der Waals surface area contributed by atoms with Gasteiger partial charge in [-0.05, 0) is 19.3 Å². The zero-order valence-corrected chi connectivity index (χ0v) is 11.4. The van der Waals surface area contributed by atoms with Crippen molar-refractivity contribution >= 4 is 5.97 Å². The highest BCUT2D eigenvalue weighted by atomic mass is 16.5. The van der Waals surface area contributed by atoms with Gasteiger partial charge in [0.15, 0.2) is 0 Å². The molecule has 1 heterocycles. The number of carbonyl (C=O) groups is 1. The number of aryl methyl sites for hydroxylation is 1. The Bertz CT molecular complexity index is 430. The fourth-order valence-corrected chi connectivity index (χ4v) is 2.64. The van der Waals surface area contributed by atoms with Gasteiger partial charge in [0.25, 0.3) is 0 Å². The zero-order chi connectivity index (χ0) is 13.2. The summed E-state index contributed by atoms with van der Waals surface area (Å²) in [5.74, 6) is 0.588. The molecule has 0 amide bonds. The van der Waals surface area contributed by atoms with Crippen LogP contribution in [-0.4, -0.2) is 18.1 Å². The van der Waals surface area contributed by atoms with Gasteiger partial charge in [-0.2, -0.15) is 0 Å². The predicted molar refractivity (Wildman–Crippen MR) is 67.7 cm³/mol. The molecule has 2 rings (SSSR count). The van der Waals surface area contributed by atoms with E-state index >= 15 is 0 Å². The van der Waals surface area contributed by atoms with Crippen LogP contribution in [0.15, 0.2) is 4.42 Å². The number of carbonyl (C=O) groups excluding carboxylic acids is 1. The molecule has 0 aromatic carbocycles. The highest BCUT2D eigenvalue weighted by Crippen LogP contribution is 2.40. The smallest absolute Gasteiger partial charge is 0.375 e. The molecule has 0 aliphatic heterocycles. The van der Waals surface area contributed by atoms with Gasteiger partial charge in [0.1, 0.15) is 0 Å². The van der Waals surface area contributed by atoms with Crippen LogP contribution in [0.5, 0.6) is 0 Å². The van der Waals surface area contributed by atoms with Crippen LogP contribution in [0.25, 0.3) is 0 Å². The highest BCUT2D eigenvalue weighted by molar-refractivity contribution is 5.87. The summed E-state index contributed by atoms with van der Waals surface area (Å²) in [6, 6.07) is 0. The number of hydrogen-bond donors (Lipinski definition) is 0. The number of esters is 1. The van der Waals surface area contributed by atoms with E-state index in [1.807, 2.05) is 0 Å². The van der Waals surface area contributed by atoms with E-state index in [1.165, 1.54) is 20.0 Å². The van der Waals surface area contributed by atoms with Gasteiger partial charge >= 0.3 is 5.97 Å². The number of rotatable bonds is 4.